The molecule has 2 unspecified atom stereocenters. The number of hydrogen-bond donors (Lipinski definition) is 2. The van der Waals surface area contributed by atoms with E-state index < -0.39 is 6.10 Å². The fourth-order valence-electron chi connectivity index (χ4n) is 2.04. The minimum atomic E-state index is -0.770. The van der Waals surface area contributed by atoms with Crippen LogP contribution in [-0.2, 0) is 4.79 Å². The Morgan fingerprint density at radius 3 is 3.00 bits per heavy atom. The molecule has 1 aromatic rings. The van der Waals surface area contributed by atoms with Gasteiger partial charge in [0.2, 0.25) is 0 Å². The highest BCUT2D eigenvalue weighted by atomic mass is 16.5. The lowest BCUT2D eigenvalue weighted by atomic mass is 10.0. The van der Waals surface area contributed by atoms with E-state index in [0.717, 1.165) is 0 Å². The second kappa shape index (κ2) is 5.42. The number of hydrogen-bond acceptors (Lipinski definition) is 4. The Labute approximate surface area is 112 Å². The van der Waals surface area contributed by atoms with Gasteiger partial charge in [0.25, 0.3) is 5.91 Å². The number of benzene rings is 1. The highest BCUT2D eigenvalue weighted by molar-refractivity contribution is 5.98. The van der Waals surface area contributed by atoms with Crippen LogP contribution < -0.4 is 15.4 Å². The van der Waals surface area contributed by atoms with E-state index in [2.05, 4.69) is 6.58 Å². The van der Waals surface area contributed by atoms with Gasteiger partial charge < -0.3 is 20.5 Å². The monoisotopic (exact) mass is 262 g/mol. The van der Waals surface area contributed by atoms with Gasteiger partial charge in [0.15, 0.2) is 6.61 Å². The Bertz CT molecular complexity index is 499. The Kier molecular flexibility index (Phi) is 3.87. The summed E-state index contributed by atoms with van der Waals surface area (Å²) in [6, 6.07) is 4.86. The topological polar surface area (TPSA) is 75.8 Å². The van der Waals surface area contributed by atoms with E-state index >= 15 is 0 Å². The number of carbonyl (C=O) groups is 1. The van der Waals surface area contributed by atoms with Crippen molar-refractivity contribution < 1.29 is 14.6 Å². The van der Waals surface area contributed by atoms with Crippen molar-refractivity contribution in [2.75, 3.05) is 18.1 Å². The van der Waals surface area contributed by atoms with Gasteiger partial charge in [-0.1, -0.05) is 12.1 Å². The maximum Gasteiger partial charge on any atom is 0.265 e. The molecule has 0 spiro atoms. The zero-order valence-electron chi connectivity index (χ0n) is 10.9. The third-order valence-corrected chi connectivity index (χ3v) is 3.08. The molecule has 1 aliphatic heterocycles. The molecule has 2 atom stereocenters. The summed E-state index contributed by atoms with van der Waals surface area (Å²) in [5.74, 6) is 0.502. The van der Waals surface area contributed by atoms with Crippen molar-refractivity contribution in [3.8, 4) is 5.75 Å². The van der Waals surface area contributed by atoms with Gasteiger partial charge in [-0.25, -0.2) is 0 Å². The third kappa shape index (κ3) is 2.62. The maximum atomic E-state index is 11.8. The molecule has 0 aliphatic carbocycles. The van der Waals surface area contributed by atoms with Gasteiger partial charge in [-0.3, -0.25) is 4.79 Å². The van der Waals surface area contributed by atoms with Gasteiger partial charge in [0.05, 0.1) is 11.8 Å². The molecule has 102 valence electrons. The van der Waals surface area contributed by atoms with Crippen LogP contribution >= 0.6 is 0 Å². The summed E-state index contributed by atoms with van der Waals surface area (Å²) in [5, 5.41) is 9.99. The predicted molar refractivity (Wildman–Crippen MR) is 73.1 cm³/mol. The fraction of sp³-hybridized carbons (Fsp3) is 0.357. The Morgan fingerprint density at radius 2 is 2.37 bits per heavy atom. The molecule has 1 aliphatic rings. The molecule has 1 aromatic carbocycles. The van der Waals surface area contributed by atoms with Crippen LogP contribution in [0.5, 0.6) is 5.75 Å². The summed E-state index contributed by atoms with van der Waals surface area (Å²) in [7, 11) is 0. The first-order valence-electron chi connectivity index (χ1n) is 6.16. The van der Waals surface area contributed by atoms with Crippen molar-refractivity contribution in [1.82, 2.24) is 0 Å². The maximum absolute atomic E-state index is 11.8. The van der Waals surface area contributed by atoms with E-state index in [4.69, 9.17) is 10.5 Å². The third-order valence-electron chi connectivity index (χ3n) is 3.08. The molecule has 19 heavy (non-hydrogen) atoms. The van der Waals surface area contributed by atoms with E-state index in [1.165, 1.54) is 0 Å². The molecule has 0 aromatic heterocycles. The normalized spacial score (nSPS) is 17.4. The molecule has 0 radical (unpaired) electrons. The highest BCUT2D eigenvalue weighted by Gasteiger charge is 2.26. The average molecular weight is 262 g/mol. The lowest BCUT2D eigenvalue weighted by Gasteiger charge is -2.29. The lowest BCUT2D eigenvalue weighted by molar-refractivity contribution is -0.121. The Balaban J connectivity index is 2.41. The van der Waals surface area contributed by atoms with Crippen LogP contribution in [0.25, 0.3) is 0 Å². The van der Waals surface area contributed by atoms with E-state index in [9.17, 15) is 9.90 Å². The number of aliphatic hydroxyl groups is 1. The SMILES string of the molecule is C=CCN1C(=O)COc2ccc(C(O)C(C)N)cc21. The minimum absolute atomic E-state index is 0.0238. The number of ether oxygens (including phenoxy) is 1. The zero-order valence-corrected chi connectivity index (χ0v) is 10.9. The number of amides is 1. The van der Waals surface area contributed by atoms with Crippen LogP contribution in [0.4, 0.5) is 5.69 Å². The van der Waals surface area contributed by atoms with Crippen molar-refractivity contribution in [3.05, 3.63) is 36.4 Å². The molecule has 0 saturated carbocycles. The number of aliphatic hydroxyl groups excluding tert-OH is 1. The van der Waals surface area contributed by atoms with E-state index in [0.29, 0.717) is 23.5 Å². The van der Waals surface area contributed by atoms with Gasteiger partial charge in [0.1, 0.15) is 5.75 Å². The van der Waals surface area contributed by atoms with E-state index in [-0.39, 0.29) is 18.6 Å². The Morgan fingerprint density at radius 1 is 1.63 bits per heavy atom. The number of nitrogens with two attached hydrogens (primary N) is 1. The van der Waals surface area contributed by atoms with Gasteiger partial charge >= 0.3 is 0 Å². The van der Waals surface area contributed by atoms with Crippen LogP contribution in [0.3, 0.4) is 0 Å². The van der Waals surface area contributed by atoms with Gasteiger partial charge in [-0.15, -0.1) is 6.58 Å². The van der Waals surface area contributed by atoms with Crippen molar-refractivity contribution in [2.24, 2.45) is 5.73 Å². The van der Waals surface area contributed by atoms with Crippen molar-refractivity contribution in [2.45, 2.75) is 19.1 Å². The predicted octanol–water partition coefficient (Wildman–Crippen LogP) is 0.979. The second-order valence-electron chi connectivity index (χ2n) is 4.61. The number of anilines is 1. The van der Waals surface area contributed by atoms with Crippen molar-refractivity contribution in [3.63, 3.8) is 0 Å². The summed E-state index contributed by atoms with van der Waals surface area (Å²) in [6.45, 7) is 5.81. The van der Waals surface area contributed by atoms with Gasteiger partial charge in [-0.2, -0.15) is 0 Å². The largest absolute Gasteiger partial charge is 0.482 e. The first kappa shape index (κ1) is 13.6. The van der Waals surface area contributed by atoms with Crippen molar-refractivity contribution >= 4 is 11.6 Å². The summed E-state index contributed by atoms with van der Waals surface area (Å²) in [4.78, 5) is 13.4. The zero-order chi connectivity index (χ0) is 14.0. The number of fused-ring (bicyclic) bond motifs is 1. The van der Waals surface area contributed by atoms with Crippen molar-refractivity contribution in [1.29, 1.82) is 0 Å². The fourth-order valence-corrected chi connectivity index (χ4v) is 2.04. The quantitative estimate of drug-likeness (QED) is 0.793. The molecule has 3 N–H and O–H groups in total. The Hall–Kier alpha value is -1.85. The molecule has 0 bridgehead atoms. The summed E-state index contributed by atoms with van der Waals surface area (Å²) >= 11 is 0. The molecule has 2 rings (SSSR count). The number of rotatable bonds is 4. The standard InChI is InChI=1S/C14H18N2O3/c1-3-6-16-11-7-10(14(18)9(2)15)4-5-12(11)19-8-13(16)17/h3-5,7,9,14,18H,1,6,8,15H2,2H3. The van der Waals surface area contributed by atoms with Crippen LogP contribution in [0.1, 0.15) is 18.6 Å². The van der Waals surface area contributed by atoms with Crippen LogP contribution in [0.15, 0.2) is 30.9 Å². The average Bonchev–Trinajstić information content (AvgIpc) is 2.40. The van der Waals surface area contributed by atoms with Crippen LogP contribution in [0.2, 0.25) is 0 Å². The molecular formula is C14H18N2O3. The van der Waals surface area contributed by atoms with Crippen LogP contribution in [-0.4, -0.2) is 30.2 Å². The van der Waals surface area contributed by atoms with E-state index in [1.807, 2.05) is 0 Å². The first-order valence-corrected chi connectivity index (χ1v) is 6.16. The lowest BCUT2D eigenvalue weighted by Crippen LogP contribution is -2.39. The highest BCUT2D eigenvalue weighted by Crippen LogP contribution is 2.34. The molecule has 5 heteroatoms. The van der Waals surface area contributed by atoms with E-state index in [1.54, 1.807) is 36.1 Å². The number of carbonyl (C=O) groups excluding carboxylic acids is 1. The minimum Gasteiger partial charge on any atom is -0.482 e. The van der Waals surface area contributed by atoms with Crippen LogP contribution in [0, 0.1) is 0 Å². The first-order chi connectivity index (χ1) is 9.04. The van der Waals surface area contributed by atoms with Gasteiger partial charge in [0, 0.05) is 12.6 Å². The molecule has 1 heterocycles. The smallest absolute Gasteiger partial charge is 0.265 e. The summed E-state index contributed by atoms with van der Waals surface area (Å²) in [6.07, 6.45) is 0.884. The molecule has 5 nitrogen and oxygen atoms in total. The molecular weight excluding hydrogens is 244 g/mol. The molecule has 0 saturated heterocycles. The summed E-state index contributed by atoms with van der Waals surface area (Å²) in [5.41, 5.74) is 7.00. The second-order valence-corrected chi connectivity index (χ2v) is 4.61. The van der Waals surface area contributed by atoms with Gasteiger partial charge in [-0.05, 0) is 24.6 Å². The summed E-state index contributed by atoms with van der Waals surface area (Å²) < 4.78 is 5.37. The molecule has 1 amide bonds. The number of nitrogens with zero attached hydrogens (tertiary/aromatic N) is 1. The molecule has 0 fully saturated rings.